The first kappa shape index (κ1) is 22.9. The van der Waals surface area contributed by atoms with Crippen molar-refractivity contribution in [1.29, 1.82) is 0 Å². The highest BCUT2D eigenvalue weighted by molar-refractivity contribution is 7.92. The Morgan fingerprint density at radius 1 is 1.03 bits per heavy atom. The minimum absolute atomic E-state index is 0.0730. The lowest BCUT2D eigenvalue weighted by molar-refractivity contribution is 0.317. The standard InChI is InChI=1S/C24H25N3O4S2/c1-18-7-3-4-8-22(18)27-24(17-21(25-27)23-9-5-15-32-23)26-33(28,29)16-6-14-31-20-12-10-19(30-2)11-13-20/h3-5,7-13,15,17,26H,6,14,16H2,1-2H3. The van der Waals surface area contributed by atoms with E-state index in [2.05, 4.69) is 9.82 Å². The van der Waals surface area contributed by atoms with Gasteiger partial charge in [0.25, 0.3) is 0 Å². The molecule has 0 fully saturated rings. The highest BCUT2D eigenvalue weighted by Gasteiger charge is 2.18. The first-order chi connectivity index (χ1) is 15.9. The van der Waals surface area contributed by atoms with E-state index in [1.54, 1.807) is 53.5 Å². The van der Waals surface area contributed by atoms with Gasteiger partial charge in [-0.15, -0.1) is 11.3 Å². The van der Waals surface area contributed by atoms with Crippen LogP contribution in [0.15, 0.2) is 72.1 Å². The van der Waals surface area contributed by atoms with Gasteiger partial charge in [0.1, 0.15) is 23.0 Å². The second-order valence-electron chi connectivity index (χ2n) is 7.39. The van der Waals surface area contributed by atoms with Gasteiger partial charge in [-0.05, 0) is 60.7 Å². The van der Waals surface area contributed by atoms with E-state index >= 15 is 0 Å². The molecule has 0 atom stereocenters. The second-order valence-corrected chi connectivity index (χ2v) is 10.2. The van der Waals surface area contributed by atoms with Crippen molar-refractivity contribution in [3.8, 4) is 27.8 Å². The van der Waals surface area contributed by atoms with E-state index in [0.29, 0.717) is 23.7 Å². The summed E-state index contributed by atoms with van der Waals surface area (Å²) in [5, 5.41) is 6.65. The molecular weight excluding hydrogens is 458 g/mol. The van der Waals surface area contributed by atoms with Crippen molar-refractivity contribution in [2.24, 2.45) is 0 Å². The van der Waals surface area contributed by atoms with Crippen molar-refractivity contribution in [3.05, 3.63) is 77.7 Å². The van der Waals surface area contributed by atoms with Gasteiger partial charge < -0.3 is 9.47 Å². The Labute approximate surface area is 197 Å². The minimum Gasteiger partial charge on any atom is -0.497 e. The molecule has 9 heteroatoms. The monoisotopic (exact) mass is 483 g/mol. The third-order valence-corrected chi connectivity index (χ3v) is 7.21. The fourth-order valence-corrected chi connectivity index (χ4v) is 5.05. The number of nitrogens with zero attached hydrogens (tertiary/aromatic N) is 2. The van der Waals surface area contributed by atoms with E-state index in [1.165, 1.54) is 0 Å². The summed E-state index contributed by atoms with van der Waals surface area (Å²) in [6.07, 6.45) is 0.345. The van der Waals surface area contributed by atoms with Crippen LogP contribution in [0.2, 0.25) is 0 Å². The lowest BCUT2D eigenvalue weighted by Gasteiger charge is -2.12. The molecule has 0 aliphatic rings. The maximum Gasteiger partial charge on any atom is 0.234 e. The second kappa shape index (κ2) is 10.1. The van der Waals surface area contributed by atoms with Gasteiger partial charge in [0.05, 0.1) is 30.0 Å². The number of aryl methyl sites for hydroxylation is 1. The number of thiophene rings is 1. The smallest absolute Gasteiger partial charge is 0.234 e. The highest BCUT2D eigenvalue weighted by atomic mass is 32.2. The van der Waals surface area contributed by atoms with Crippen LogP contribution >= 0.6 is 11.3 Å². The normalized spacial score (nSPS) is 11.3. The van der Waals surface area contributed by atoms with Crippen molar-refractivity contribution in [3.63, 3.8) is 0 Å². The quantitative estimate of drug-likeness (QED) is 0.316. The summed E-state index contributed by atoms with van der Waals surface area (Å²) in [7, 11) is -2.01. The molecule has 0 amide bonds. The molecule has 4 aromatic rings. The number of sulfonamides is 1. The average Bonchev–Trinajstić information content (AvgIpc) is 3.48. The Morgan fingerprint density at radius 3 is 2.48 bits per heavy atom. The van der Waals surface area contributed by atoms with Gasteiger partial charge in [-0.1, -0.05) is 24.3 Å². The van der Waals surface area contributed by atoms with Crippen LogP contribution in [-0.2, 0) is 10.0 Å². The molecule has 4 rings (SSSR count). The molecule has 0 saturated heterocycles. The van der Waals surface area contributed by atoms with Crippen molar-refractivity contribution in [1.82, 2.24) is 9.78 Å². The van der Waals surface area contributed by atoms with Gasteiger partial charge in [-0.25, -0.2) is 13.1 Å². The van der Waals surface area contributed by atoms with E-state index in [0.717, 1.165) is 21.9 Å². The Bertz CT molecular complexity index is 1300. The molecule has 7 nitrogen and oxygen atoms in total. The van der Waals surface area contributed by atoms with Crippen LogP contribution in [0, 0.1) is 6.92 Å². The summed E-state index contributed by atoms with van der Waals surface area (Å²) in [6, 6.07) is 20.6. The zero-order valence-corrected chi connectivity index (χ0v) is 20.0. The first-order valence-corrected chi connectivity index (χ1v) is 13.0. The molecule has 1 N–H and O–H groups in total. The summed E-state index contributed by atoms with van der Waals surface area (Å²) in [5.41, 5.74) is 2.53. The van der Waals surface area contributed by atoms with Crippen LogP contribution in [0.4, 0.5) is 5.82 Å². The van der Waals surface area contributed by atoms with Crippen molar-refractivity contribution in [2.45, 2.75) is 13.3 Å². The molecule has 2 aromatic carbocycles. The lowest BCUT2D eigenvalue weighted by atomic mass is 10.2. The maximum atomic E-state index is 12.8. The van der Waals surface area contributed by atoms with E-state index in [9.17, 15) is 8.42 Å². The number of ether oxygens (including phenoxy) is 2. The number of methoxy groups -OCH3 is 1. The molecule has 0 unspecified atom stereocenters. The third-order valence-electron chi connectivity index (χ3n) is 4.97. The molecule has 0 aliphatic carbocycles. The lowest BCUT2D eigenvalue weighted by Crippen LogP contribution is -2.20. The van der Waals surface area contributed by atoms with Gasteiger partial charge in [0, 0.05) is 6.07 Å². The Hall–Kier alpha value is -3.30. The predicted octanol–water partition coefficient (Wildman–Crippen LogP) is 5.13. The van der Waals surface area contributed by atoms with E-state index in [4.69, 9.17) is 9.47 Å². The molecule has 0 bridgehead atoms. The molecule has 33 heavy (non-hydrogen) atoms. The SMILES string of the molecule is COc1ccc(OCCCS(=O)(=O)Nc2cc(-c3cccs3)nn2-c2ccccc2C)cc1. The van der Waals surface area contributed by atoms with Crippen LogP contribution in [0.1, 0.15) is 12.0 Å². The van der Waals surface area contributed by atoms with Gasteiger partial charge in [-0.2, -0.15) is 5.10 Å². The van der Waals surface area contributed by atoms with E-state index in [-0.39, 0.29) is 12.4 Å². The summed E-state index contributed by atoms with van der Waals surface area (Å²) in [5.74, 6) is 1.74. The van der Waals surface area contributed by atoms with Crippen LogP contribution in [0.3, 0.4) is 0 Å². The fraction of sp³-hybridized carbons (Fsp3) is 0.208. The van der Waals surface area contributed by atoms with E-state index in [1.807, 2.05) is 48.7 Å². The summed E-state index contributed by atoms with van der Waals surface area (Å²) in [4.78, 5) is 0.968. The number of benzene rings is 2. The Balaban J connectivity index is 1.46. The number of rotatable bonds is 10. The fourth-order valence-electron chi connectivity index (χ4n) is 3.30. The number of aromatic nitrogens is 2. The van der Waals surface area contributed by atoms with Crippen molar-refractivity contribution < 1.29 is 17.9 Å². The summed E-state index contributed by atoms with van der Waals surface area (Å²) in [6.45, 7) is 2.25. The van der Waals surface area contributed by atoms with Gasteiger partial charge in [-0.3, -0.25) is 4.72 Å². The Kier molecular flexibility index (Phi) is 7.00. The molecule has 0 radical (unpaired) electrons. The molecule has 172 valence electrons. The number of hydrogen-bond acceptors (Lipinski definition) is 6. The third kappa shape index (κ3) is 5.74. The zero-order chi connectivity index (χ0) is 23.3. The van der Waals surface area contributed by atoms with Gasteiger partial charge in [0.15, 0.2) is 0 Å². The molecular formula is C24H25N3O4S2. The number of nitrogens with one attached hydrogen (secondary N) is 1. The largest absolute Gasteiger partial charge is 0.497 e. The molecule has 0 aliphatic heterocycles. The maximum absolute atomic E-state index is 12.8. The number of hydrogen-bond donors (Lipinski definition) is 1. The summed E-state index contributed by atoms with van der Waals surface area (Å²) >= 11 is 1.55. The van der Waals surface area contributed by atoms with Crippen LogP contribution in [0.25, 0.3) is 16.3 Å². The van der Waals surface area contributed by atoms with Crippen LogP contribution in [0.5, 0.6) is 11.5 Å². The van der Waals surface area contributed by atoms with Gasteiger partial charge in [0.2, 0.25) is 10.0 Å². The predicted molar refractivity (Wildman–Crippen MR) is 132 cm³/mol. The highest BCUT2D eigenvalue weighted by Crippen LogP contribution is 2.29. The number of anilines is 1. The van der Waals surface area contributed by atoms with E-state index < -0.39 is 10.0 Å². The molecule has 0 spiro atoms. The topological polar surface area (TPSA) is 82.4 Å². The number of para-hydroxylation sites is 1. The average molecular weight is 484 g/mol. The molecule has 0 saturated carbocycles. The zero-order valence-electron chi connectivity index (χ0n) is 18.4. The van der Waals surface area contributed by atoms with Gasteiger partial charge >= 0.3 is 0 Å². The van der Waals surface area contributed by atoms with Crippen molar-refractivity contribution >= 4 is 27.2 Å². The van der Waals surface area contributed by atoms with Crippen molar-refractivity contribution in [2.75, 3.05) is 24.2 Å². The molecule has 2 heterocycles. The molecule has 2 aromatic heterocycles. The first-order valence-electron chi connectivity index (χ1n) is 10.4. The van der Waals surface area contributed by atoms with Crippen LogP contribution in [-0.4, -0.2) is 37.7 Å². The summed E-state index contributed by atoms with van der Waals surface area (Å²) < 4.78 is 40.8. The minimum atomic E-state index is -3.61. The van der Waals surface area contributed by atoms with Crippen LogP contribution < -0.4 is 14.2 Å². The Morgan fingerprint density at radius 2 is 1.79 bits per heavy atom.